The molecule has 0 fully saturated rings. The Labute approximate surface area is 133 Å². The van der Waals surface area contributed by atoms with Crippen molar-refractivity contribution in [3.05, 3.63) is 48.5 Å². The van der Waals surface area contributed by atoms with Crippen LogP contribution >= 0.6 is 0 Å². The molecule has 0 saturated heterocycles. The largest absolute Gasteiger partial charge is 0.488 e. The monoisotopic (exact) mass is 313 g/mol. The van der Waals surface area contributed by atoms with Gasteiger partial charge < -0.3 is 32.0 Å². The molecule has 2 rings (SSSR count). The Hall–Kier alpha value is -3.04. The highest BCUT2D eigenvalue weighted by molar-refractivity contribution is 6.58. The van der Waals surface area contributed by atoms with Crippen molar-refractivity contribution in [1.82, 2.24) is 0 Å². The van der Waals surface area contributed by atoms with Crippen molar-refractivity contribution in [3.63, 3.8) is 0 Å². The second-order valence-corrected chi connectivity index (χ2v) is 4.55. The van der Waals surface area contributed by atoms with Gasteiger partial charge in [0.05, 0.1) is 5.69 Å². The van der Waals surface area contributed by atoms with E-state index in [9.17, 15) is 0 Å². The molecule has 0 unspecified atom stereocenters. The van der Waals surface area contributed by atoms with Gasteiger partial charge in [-0.15, -0.1) is 0 Å². The number of hydrogen-bond donors (Lipinski definition) is 5. The first kappa shape index (κ1) is 16.3. The predicted octanol–water partition coefficient (Wildman–Crippen LogP) is -0.622. The lowest BCUT2D eigenvalue weighted by Gasteiger charge is -2.07. The molecule has 23 heavy (non-hydrogen) atoms. The number of guanidine groups is 2. The van der Waals surface area contributed by atoms with Crippen LogP contribution in [0.25, 0.3) is 0 Å². The van der Waals surface area contributed by atoms with E-state index in [-0.39, 0.29) is 11.9 Å². The second kappa shape index (κ2) is 7.30. The van der Waals surface area contributed by atoms with E-state index in [0.717, 1.165) is 0 Å². The number of ether oxygens (including phenoxy) is 1. The molecule has 0 radical (unpaired) electrons. The summed E-state index contributed by atoms with van der Waals surface area (Å²) >= 11 is 0. The highest BCUT2D eigenvalue weighted by Crippen LogP contribution is 2.23. The Kier molecular flexibility index (Phi) is 5.18. The maximum Gasteiger partial charge on any atom is 0.488 e. The smallest absolute Gasteiger partial charge is 0.457 e. The van der Waals surface area contributed by atoms with Crippen molar-refractivity contribution in [2.24, 2.45) is 27.2 Å². The molecule has 9 heteroatoms. The minimum Gasteiger partial charge on any atom is -0.457 e. The van der Waals surface area contributed by atoms with E-state index < -0.39 is 7.12 Å². The van der Waals surface area contributed by atoms with Gasteiger partial charge in [0.2, 0.25) is 5.96 Å². The molecule has 8 N–H and O–H groups in total. The van der Waals surface area contributed by atoms with Gasteiger partial charge in [-0.05, 0) is 41.9 Å². The molecule has 0 aliphatic rings. The summed E-state index contributed by atoms with van der Waals surface area (Å²) in [5.74, 6) is 0.937. The quantitative estimate of drug-likeness (QED) is 0.288. The third kappa shape index (κ3) is 5.02. The molecule has 2 aromatic rings. The average molecular weight is 313 g/mol. The van der Waals surface area contributed by atoms with Gasteiger partial charge in [-0.25, -0.2) is 4.99 Å². The summed E-state index contributed by atoms with van der Waals surface area (Å²) in [6.45, 7) is 0. The van der Waals surface area contributed by atoms with Crippen molar-refractivity contribution in [1.29, 1.82) is 0 Å². The lowest BCUT2D eigenvalue weighted by Crippen LogP contribution is -2.29. The Balaban J connectivity index is 2.06. The minimum atomic E-state index is -1.50. The number of nitrogens with zero attached hydrogens (tertiary/aromatic N) is 2. The maximum atomic E-state index is 9.03. The van der Waals surface area contributed by atoms with Gasteiger partial charge >= 0.3 is 7.12 Å². The van der Waals surface area contributed by atoms with Crippen molar-refractivity contribution < 1.29 is 14.8 Å². The first-order chi connectivity index (χ1) is 10.9. The van der Waals surface area contributed by atoms with Crippen LogP contribution in [0.4, 0.5) is 5.69 Å². The zero-order valence-corrected chi connectivity index (χ0v) is 12.1. The Morgan fingerprint density at radius 1 is 0.870 bits per heavy atom. The van der Waals surface area contributed by atoms with E-state index in [1.807, 2.05) is 0 Å². The average Bonchev–Trinajstić information content (AvgIpc) is 2.49. The third-order valence-electron chi connectivity index (χ3n) is 2.74. The van der Waals surface area contributed by atoms with Crippen LogP contribution in [0, 0.1) is 0 Å². The summed E-state index contributed by atoms with van der Waals surface area (Å²) in [6, 6.07) is 13.2. The zero-order chi connectivity index (χ0) is 16.8. The number of rotatable bonds is 4. The summed E-state index contributed by atoms with van der Waals surface area (Å²) in [7, 11) is -1.50. The predicted molar refractivity (Wildman–Crippen MR) is 89.9 cm³/mol. The van der Waals surface area contributed by atoms with E-state index in [2.05, 4.69) is 9.98 Å². The molecule has 0 atom stereocenters. The van der Waals surface area contributed by atoms with Crippen LogP contribution in [0.5, 0.6) is 11.5 Å². The van der Waals surface area contributed by atoms with E-state index in [1.54, 1.807) is 48.5 Å². The highest BCUT2D eigenvalue weighted by atomic mass is 16.5. The summed E-state index contributed by atoms with van der Waals surface area (Å²) in [5.41, 5.74) is 16.9. The fraction of sp³-hybridized carbons (Fsp3) is 0. The van der Waals surface area contributed by atoms with Crippen LogP contribution < -0.4 is 27.4 Å². The molecule has 0 aliphatic carbocycles. The molecule has 0 amide bonds. The standard InChI is InChI=1S/C14H16BN5O3/c16-13(17)20-14(18)19-10-3-7-12(8-4-10)23-11-5-1-9(2-6-11)15(21)22/h1-8,21-22H,(H6,16,17,18,19,20). The van der Waals surface area contributed by atoms with Crippen LogP contribution in [-0.4, -0.2) is 29.1 Å². The topological polar surface area (TPSA) is 152 Å². The van der Waals surface area contributed by atoms with Crippen LogP contribution in [-0.2, 0) is 0 Å². The Morgan fingerprint density at radius 2 is 1.39 bits per heavy atom. The van der Waals surface area contributed by atoms with Crippen molar-refractivity contribution in [2.75, 3.05) is 0 Å². The first-order valence-electron chi connectivity index (χ1n) is 6.62. The minimum absolute atomic E-state index is 0.0446. The fourth-order valence-electron chi connectivity index (χ4n) is 1.72. The van der Waals surface area contributed by atoms with E-state index in [0.29, 0.717) is 22.6 Å². The first-order valence-corrected chi connectivity index (χ1v) is 6.62. The Morgan fingerprint density at radius 3 is 1.87 bits per heavy atom. The number of aliphatic imine (C=N–C) groups is 2. The van der Waals surface area contributed by atoms with Gasteiger partial charge in [0.25, 0.3) is 0 Å². The molecule has 0 aliphatic heterocycles. The van der Waals surface area contributed by atoms with Crippen molar-refractivity contribution in [2.45, 2.75) is 0 Å². The molecule has 0 heterocycles. The molecule has 8 nitrogen and oxygen atoms in total. The number of nitrogens with two attached hydrogens (primary N) is 3. The molecular weight excluding hydrogens is 297 g/mol. The summed E-state index contributed by atoms with van der Waals surface area (Å²) < 4.78 is 5.63. The zero-order valence-electron chi connectivity index (χ0n) is 12.1. The van der Waals surface area contributed by atoms with Gasteiger partial charge in [0, 0.05) is 0 Å². The van der Waals surface area contributed by atoms with Gasteiger partial charge in [0.15, 0.2) is 5.96 Å². The molecule has 0 saturated carbocycles. The van der Waals surface area contributed by atoms with E-state index in [1.165, 1.54) is 0 Å². The SMILES string of the molecule is NC(N)=NC(N)=Nc1ccc(Oc2ccc(B(O)O)cc2)cc1. The van der Waals surface area contributed by atoms with Crippen LogP contribution in [0.1, 0.15) is 0 Å². The van der Waals surface area contributed by atoms with Crippen molar-refractivity contribution >= 4 is 30.2 Å². The number of hydrogen-bond acceptors (Lipinski definition) is 4. The summed E-state index contributed by atoms with van der Waals surface area (Å²) in [5, 5.41) is 18.1. The summed E-state index contributed by atoms with van der Waals surface area (Å²) in [4.78, 5) is 7.63. The fourth-order valence-corrected chi connectivity index (χ4v) is 1.72. The van der Waals surface area contributed by atoms with Crippen LogP contribution in [0.3, 0.4) is 0 Å². The molecular formula is C14H16BN5O3. The normalized spacial score (nSPS) is 11.0. The van der Waals surface area contributed by atoms with E-state index in [4.69, 9.17) is 32.0 Å². The number of benzene rings is 2. The molecule has 118 valence electrons. The lowest BCUT2D eigenvalue weighted by molar-refractivity contribution is 0.425. The highest BCUT2D eigenvalue weighted by Gasteiger charge is 2.10. The van der Waals surface area contributed by atoms with Gasteiger partial charge in [-0.3, -0.25) is 0 Å². The molecule has 2 aromatic carbocycles. The Bertz CT molecular complexity index is 710. The lowest BCUT2D eigenvalue weighted by atomic mass is 9.80. The van der Waals surface area contributed by atoms with Crippen LogP contribution in [0.2, 0.25) is 0 Å². The maximum absolute atomic E-state index is 9.03. The van der Waals surface area contributed by atoms with Crippen LogP contribution in [0.15, 0.2) is 58.5 Å². The second-order valence-electron chi connectivity index (χ2n) is 4.55. The van der Waals surface area contributed by atoms with Gasteiger partial charge in [-0.1, -0.05) is 12.1 Å². The van der Waals surface area contributed by atoms with Gasteiger partial charge in [-0.2, -0.15) is 4.99 Å². The summed E-state index contributed by atoms with van der Waals surface area (Å²) in [6.07, 6.45) is 0. The molecule has 0 spiro atoms. The molecule has 0 aromatic heterocycles. The third-order valence-corrected chi connectivity index (χ3v) is 2.74. The molecule has 0 bridgehead atoms. The van der Waals surface area contributed by atoms with Gasteiger partial charge in [0.1, 0.15) is 11.5 Å². The van der Waals surface area contributed by atoms with E-state index >= 15 is 0 Å². The van der Waals surface area contributed by atoms with Crippen molar-refractivity contribution in [3.8, 4) is 11.5 Å².